The minimum atomic E-state index is -0.506. The van der Waals surface area contributed by atoms with Gasteiger partial charge in [-0.05, 0) is 24.6 Å². The van der Waals surface area contributed by atoms with Gasteiger partial charge in [0, 0.05) is 17.1 Å². The van der Waals surface area contributed by atoms with E-state index >= 15 is 0 Å². The highest BCUT2D eigenvalue weighted by molar-refractivity contribution is 7.13. The Morgan fingerprint density at radius 2 is 2.17 bits per heavy atom. The normalized spacial score (nSPS) is 10.1. The number of nitrogens with zero attached hydrogens (tertiary/aromatic N) is 1. The molecule has 18 heavy (non-hydrogen) atoms. The summed E-state index contributed by atoms with van der Waals surface area (Å²) >= 11 is 0.940. The van der Waals surface area contributed by atoms with Crippen molar-refractivity contribution in [1.29, 1.82) is 0 Å². The van der Waals surface area contributed by atoms with Gasteiger partial charge in [-0.15, -0.1) is 0 Å². The summed E-state index contributed by atoms with van der Waals surface area (Å²) in [5.74, 6) is -0.343. The molecule has 1 aromatic heterocycles. The van der Waals surface area contributed by atoms with Gasteiger partial charge < -0.3 is 5.32 Å². The molecule has 2 rings (SSSR count). The van der Waals surface area contributed by atoms with Crippen LogP contribution in [-0.4, -0.2) is 10.8 Å². The summed E-state index contributed by atoms with van der Waals surface area (Å²) in [5, 5.41) is 14.7. The Bertz CT molecular complexity index is 607. The first-order valence-corrected chi connectivity index (χ1v) is 6.05. The Morgan fingerprint density at radius 3 is 2.78 bits per heavy atom. The fourth-order valence-corrected chi connectivity index (χ4v) is 2.17. The zero-order valence-electron chi connectivity index (χ0n) is 9.54. The largest absolute Gasteiger partial charge is 0.324 e. The van der Waals surface area contributed by atoms with E-state index < -0.39 is 4.92 Å². The second-order valence-corrected chi connectivity index (χ2v) is 4.64. The monoisotopic (exact) mass is 262 g/mol. The number of hydrogen-bond acceptors (Lipinski definition) is 4. The molecule has 5 nitrogen and oxygen atoms in total. The molecule has 2 aromatic rings. The van der Waals surface area contributed by atoms with Gasteiger partial charge in [0.05, 0.1) is 10.5 Å². The van der Waals surface area contributed by atoms with Crippen molar-refractivity contribution < 1.29 is 9.72 Å². The van der Waals surface area contributed by atoms with Gasteiger partial charge in [-0.25, -0.2) is 0 Å². The Hall–Kier alpha value is -2.21. The molecule has 0 saturated heterocycles. The number of amides is 1. The zero-order chi connectivity index (χ0) is 13.1. The SMILES string of the molecule is Cc1cccc(NC(=O)c2csc([N+](=O)[O-])c2)c1. The molecule has 0 fully saturated rings. The molecule has 0 saturated carbocycles. The quantitative estimate of drug-likeness (QED) is 0.681. The number of nitrogens with one attached hydrogen (secondary N) is 1. The van der Waals surface area contributed by atoms with Crippen molar-refractivity contribution in [3.63, 3.8) is 0 Å². The van der Waals surface area contributed by atoms with E-state index in [2.05, 4.69) is 5.32 Å². The van der Waals surface area contributed by atoms with Crippen molar-refractivity contribution in [3.05, 3.63) is 57.0 Å². The van der Waals surface area contributed by atoms with Crippen molar-refractivity contribution in [3.8, 4) is 0 Å². The van der Waals surface area contributed by atoms with Crippen LogP contribution in [0.2, 0.25) is 0 Å². The lowest BCUT2D eigenvalue weighted by Crippen LogP contribution is -2.10. The average molecular weight is 262 g/mol. The van der Waals surface area contributed by atoms with Crippen LogP contribution in [0.4, 0.5) is 10.7 Å². The van der Waals surface area contributed by atoms with Gasteiger partial charge in [-0.2, -0.15) is 0 Å². The molecule has 0 bridgehead atoms. The lowest BCUT2D eigenvalue weighted by molar-refractivity contribution is -0.380. The smallest absolute Gasteiger partial charge is 0.322 e. The van der Waals surface area contributed by atoms with Gasteiger partial charge in [0.1, 0.15) is 0 Å². The van der Waals surface area contributed by atoms with Gasteiger partial charge in [0.25, 0.3) is 5.91 Å². The zero-order valence-corrected chi connectivity index (χ0v) is 10.4. The van der Waals surface area contributed by atoms with Gasteiger partial charge >= 0.3 is 5.00 Å². The molecule has 0 aliphatic rings. The number of aryl methyl sites for hydroxylation is 1. The van der Waals surface area contributed by atoms with E-state index in [0.717, 1.165) is 16.9 Å². The highest BCUT2D eigenvalue weighted by Crippen LogP contribution is 2.23. The minimum absolute atomic E-state index is 0.0376. The van der Waals surface area contributed by atoms with Crippen LogP contribution in [-0.2, 0) is 0 Å². The maximum atomic E-state index is 11.8. The Morgan fingerprint density at radius 1 is 1.39 bits per heavy atom. The number of carbonyl (C=O) groups is 1. The predicted octanol–water partition coefficient (Wildman–Crippen LogP) is 3.22. The predicted molar refractivity (Wildman–Crippen MR) is 70.1 cm³/mol. The van der Waals surface area contributed by atoms with Crippen molar-refractivity contribution in [2.75, 3.05) is 5.32 Å². The van der Waals surface area contributed by atoms with Crippen LogP contribution in [0.1, 0.15) is 15.9 Å². The first kappa shape index (κ1) is 12.3. The third kappa shape index (κ3) is 2.72. The maximum absolute atomic E-state index is 11.8. The average Bonchev–Trinajstić information content (AvgIpc) is 2.78. The minimum Gasteiger partial charge on any atom is -0.322 e. The maximum Gasteiger partial charge on any atom is 0.324 e. The number of nitro groups is 1. The molecule has 0 unspecified atom stereocenters. The fraction of sp³-hybridized carbons (Fsp3) is 0.0833. The highest BCUT2D eigenvalue weighted by Gasteiger charge is 2.14. The number of anilines is 1. The van der Waals surface area contributed by atoms with E-state index in [0.29, 0.717) is 11.3 Å². The molecule has 0 atom stereocenters. The summed E-state index contributed by atoms with van der Waals surface area (Å²) < 4.78 is 0. The lowest BCUT2D eigenvalue weighted by Gasteiger charge is -2.03. The van der Waals surface area contributed by atoms with Crippen LogP contribution >= 0.6 is 11.3 Å². The molecule has 1 heterocycles. The van der Waals surface area contributed by atoms with Gasteiger partial charge in [-0.3, -0.25) is 14.9 Å². The number of benzene rings is 1. The van der Waals surface area contributed by atoms with E-state index in [-0.39, 0.29) is 10.9 Å². The molecule has 1 amide bonds. The van der Waals surface area contributed by atoms with E-state index in [1.807, 2.05) is 25.1 Å². The molecule has 1 aromatic carbocycles. The van der Waals surface area contributed by atoms with Crippen LogP contribution in [0, 0.1) is 17.0 Å². The molecule has 0 aliphatic carbocycles. The molecule has 0 aliphatic heterocycles. The Kier molecular flexibility index (Phi) is 3.38. The molecule has 92 valence electrons. The molecular formula is C12H10N2O3S. The van der Waals surface area contributed by atoms with Crippen LogP contribution in [0.15, 0.2) is 35.7 Å². The molecule has 0 radical (unpaired) electrons. The third-order valence-electron chi connectivity index (χ3n) is 2.30. The standard InChI is InChI=1S/C12H10N2O3S/c1-8-3-2-4-10(5-8)13-12(15)9-6-11(14(16)17)18-7-9/h2-7H,1H3,(H,13,15). The summed E-state index contributed by atoms with van der Waals surface area (Å²) in [4.78, 5) is 21.9. The van der Waals surface area contributed by atoms with E-state index in [1.165, 1.54) is 11.4 Å². The number of hydrogen-bond donors (Lipinski definition) is 1. The first-order valence-electron chi connectivity index (χ1n) is 5.17. The Labute approximate surface area is 107 Å². The van der Waals surface area contributed by atoms with Gasteiger partial charge in [0.15, 0.2) is 0 Å². The van der Waals surface area contributed by atoms with Gasteiger partial charge in [-0.1, -0.05) is 23.5 Å². The van der Waals surface area contributed by atoms with E-state index in [9.17, 15) is 14.9 Å². The van der Waals surface area contributed by atoms with Crippen LogP contribution in [0.25, 0.3) is 0 Å². The molecule has 6 heteroatoms. The summed E-state index contributed by atoms with van der Waals surface area (Å²) in [5.41, 5.74) is 2.01. The Balaban J connectivity index is 2.14. The van der Waals surface area contributed by atoms with Gasteiger partial charge in [0.2, 0.25) is 0 Å². The topological polar surface area (TPSA) is 72.2 Å². The second kappa shape index (κ2) is 4.97. The van der Waals surface area contributed by atoms with Crippen molar-refractivity contribution in [2.24, 2.45) is 0 Å². The summed E-state index contributed by atoms with van der Waals surface area (Å²) in [7, 11) is 0. The fourth-order valence-electron chi connectivity index (χ4n) is 1.47. The van der Waals surface area contributed by atoms with E-state index in [1.54, 1.807) is 6.07 Å². The first-order chi connectivity index (χ1) is 8.56. The van der Waals surface area contributed by atoms with Crippen molar-refractivity contribution in [2.45, 2.75) is 6.92 Å². The van der Waals surface area contributed by atoms with Crippen LogP contribution < -0.4 is 5.32 Å². The van der Waals surface area contributed by atoms with Crippen LogP contribution in [0.3, 0.4) is 0 Å². The third-order valence-corrected chi connectivity index (χ3v) is 3.18. The van der Waals surface area contributed by atoms with Crippen LogP contribution in [0.5, 0.6) is 0 Å². The molecular weight excluding hydrogens is 252 g/mol. The number of carbonyl (C=O) groups excluding carboxylic acids is 1. The molecule has 0 spiro atoms. The van der Waals surface area contributed by atoms with Crippen molar-refractivity contribution in [1.82, 2.24) is 0 Å². The van der Waals surface area contributed by atoms with E-state index in [4.69, 9.17) is 0 Å². The number of thiophene rings is 1. The summed E-state index contributed by atoms with van der Waals surface area (Å²) in [6.07, 6.45) is 0. The summed E-state index contributed by atoms with van der Waals surface area (Å²) in [6.45, 7) is 1.92. The number of rotatable bonds is 3. The lowest BCUT2D eigenvalue weighted by atomic mass is 10.2. The summed E-state index contributed by atoms with van der Waals surface area (Å²) in [6, 6.07) is 8.63. The second-order valence-electron chi connectivity index (χ2n) is 3.75. The van der Waals surface area contributed by atoms with Crippen molar-refractivity contribution >= 4 is 27.9 Å². The molecule has 1 N–H and O–H groups in total. The highest BCUT2D eigenvalue weighted by atomic mass is 32.1.